The number of nitrogens with zero attached hydrogens (tertiary/aromatic N) is 2. The number of nitrogens with one attached hydrogen (secondary N) is 1. The Morgan fingerprint density at radius 1 is 1.41 bits per heavy atom. The summed E-state index contributed by atoms with van der Waals surface area (Å²) in [4.78, 5) is 23.0. The lowest BCUT2D eigenvalue weighted by molar-refractivity contribution is -0.383. The molecule has 0 heterocycles. The number of ether oxygens (including phenoxy) is 2. The second-order valence-electron chi connectivity index (χ2n) is 5.51. The molecule has 2 rings (SSSR count). The minimum absolute atomic E-state index is 0.0731. The first-order valence-electron chi connectivity index (χ1n) is 8.18. The molecule has 2 aromatic rings. The second kappa shape index (κ2) is 9.91. The Kier molecular flexibility index (Phi) is 7.59. The first kappa shape index (κ1) is 22.2. The van der Waals surface area contributed by atoms with Gasteiger partial charge in [-0.15, -0.1) is 0 Å². The molecule has 2 aromatic carbocycles. The monoisotopic (exact) mass is 479 g/mol. The molecule has 0 aliphatic heterocycles. The quantitative estimate of drug-likeness (QED) is 0.259. The van der Waals surface area contributed by atoms with Crippen LogP contribution in [0.2, 0.25) is 5.02 Å². The van der Waals surface area contributed by atoms with Crippen LogP contribution in [0.25, 0.3) is 6.08 Å². The molecular weight excluding hydrogens is 466 g/mol. The van der Waals surface area contributed by atoms with E-state index in [-0.39, 0.29) is 22.0 Å². The Labute approximate surface area is 180 Å². The molecule has 0 spiro atoms. The number of methoxy groups -OCH3 is 1. The number of hydrogen-bond acceptors (Lipinski definition) is 6. The molecule has 0 aliphatic rings. The summed E-state index contributed by atoms with van der Waals surface area (Å²) in [6.07, 6.45) is 1.33. The molecule has 0 fully saturated rings. The highest BCUT2D eigenvalue weighted by atomic mass is 79.9. The van der Waals surface area contributed by atoms with Gasteiger partial charge in [0.25, 0.3) is 11.6 Å². The molecule has 0 unspecified atom stereocenters. The van der Waals surface area contributed by atoms with Crippen LogP contribution in [0.15, 0.2) is 40.4 Å². The summed E-state index contributed by atoms with van der Waals surface area (Å²) in [7, 11) is 1.47. The van der Waals surface area contributed by atoms with Crippen molar-refractivity contribution in [2.24, 2.45) is 0 Å². The highest BCUT2D eigenvalue weighted by Gasteiger charge is 2.19. The van der Waals surface area contributed by atoms with E-state index in [1.165, 1.54) is 25.3 Å². The van der Waals surface area contributed by atoms with E-state index in [4.69, 9.17) is 21.1 Å². The molecule has 1 N–H and O–H groups in total. The molecular formula is C19H15BrClN3O5. The number of hydrogen-bond donors (Lipinski definition) is 1. The third-order valence-electron chi connectivity index (χ3n) is 3.62. The number of carbonyl (C=O) groups excluding carboxylic acids is 1. The summed E-state index contributed by atoms with van der Waals surface area (Å²) in [5.41, 5.74) is -0.216. The van der Waals surface area contributed by atoms with Crippen molar-refractivity contribution < 1.29 is 19.2 Å². The number of nitro benzene ring substituents is 1. The van der Waals surface area contributed by atoms with Crippen LogP contribution in [-0.4, -0.2) is 24.5 Å². The maximum absolute atomic E-state index is 12.5. The normalized spacial score (nSPS) is 10.8. The zero-order valence-corrected chi connectivity index (χ0v) is 17.7. The summed E-state index contributed by atoms with van der Waals surface area (Å²) in [5.74, 6) is 0.104. The Morgan fingerprint density at radius 3 is 2.72 bits per heavy atom. The van der Waals surface area contributed by atoms with Gasteiger partial charge in [-0.05, 0) is 58.8 Å². The highest BCUT2D eigenvalue weighted by molar-refractivity contribution is 9.10. The van der Waals surface area contributed by atoms with Gasteiger partial charge >= 0.3 is 0 Å². The third kappa shape index (κ3) is 5.47. The molecule has 29 heavy (non-hydrogen) atoms. The molecule has 150 valence electrons. The van der Waals surface area contributed by atoms with Gasteiger partial charge in [-0.3, -0.25) is 14.9 Å². The van der Waals surface area contributed by atoms with Crippen LogP contribution in [-0.2, 0) is 4.79 Å². The number of nitriles is 1. The predicted molar refractivity (Wildman–Crippen MR) is 112 cm³/mol. The molecule has 8 nitrogen and oxygen atoms in total. The zero-order chi connectivity index (χ0) is 21.6. The standard InChI is InChI=1S/C19H15BrClN3O5/c1-3-29-18-14(20)7-11(8-17(18)28-2)6-12(10-22)19(25)23-15-5-4-13(21)9-16(15)24(26)27/h4-9H,3H2,1-2H3,(H,23,25). The molecule has 0 bridgehead atoms. The molecule has 0 aromatic heterocycles. The number of carbonyl (C=O) groups is 1. The van der Waals surface area contributed by atoms with Crippen LogP contribution in [0.5, 0.6) is 11.5 Å². The van der Waals surface area contributed by atoms with Gasteiger partial charge in [-0.25, -0.2) is 0 Å². The smallest absolute Gasteiger partial charge is 0.294 e. The number of halogens is 2. The van der Waals surface area contributed by atoms with Crippen molar-refractivity contribution in [3.8, 4) is 17.6 Å². The second-order valence-corrected chi connectivity index (χ2v) is 6.80. The number of rotatable bonds is 7. The van der Waals surface area contributed by atoms with Crippen molar-refractivity contribution >= 4 is 50.9 Å². The molecule has 0 saturated heterocycles. The number of benzene rings is 2. The van der Waals surface area contributed by atoms with Crippen molar-refractivity contribution in [1.29, 1.82) is 5.26 Å². The fourth-order valence-corrected chi connectivity index (χ4v) is 3.11. The van der Waals surface area contributed by atoms with E-state index in [0.29, 0.717) is 28.1 Å². The van der Waals surface area contributed by atoms with E-state index in [9.17, 15) is 20.2 Å². The minimum Gasteiger partial charge on any atom is -0.493 e. The number of anilines is 1. The highest BCUT2D eigenvalue weighted by Crippen LogP contribution is 2.37. The fraction of sp³-hybridized carbons (Fsp3) is 0.158. The van der Waals surface area contributed by atoms with Gasteiger partial charge in [-0.1, -0.05) is 11.6 Å². The zero-order valence-electron chi connectivity index (χ0n) is 15.4. The lowest BCUT2D eigenvalue weighted by atomic mass is 10.1. The summed E-state index contributed by atoms with van der Waals surface area (Å²) in [5, 5.41) is 23.1. The van der Waals surface area contributed by atoms with Crippen molar-refractivity contribution in [2.45, 2.75) is 6.92 Å². The largest absolute Gasteiger partial charge is 0.493 e. The Morgan fingerprint density at radius 2 is 2.14 bits per heavy atom. The van der Waals surface area contributed by atoms with Gasteiger partial charge in [0.2, 0.25) is 0 Å². The SMILES string of the molecule is CCOc1c(Br)cc(C=C(C#N)C(=O)Nc2ccc(Cl)cc2[N+](=O)[O-])cc1OC. The van der Waals surface area contributed by atoms with E-state index in [0.717, 1.165) is 6.07 Å². The van der Waals surface area contributed by atoms with E-state index in [1.54, 1.807) is 18.2 Å². The average molecular weight is 481 g/mol. The summed E-state index contributed by atoms with van der Waals surface area (Å²) >= 11 is 9.14. The van der Waals surface area contributed by atoms with Gasteiger partial charge in [0, 0.05) is 11.1 Å². The van der Waals surface area contributed by atoms with Crippen LogP contribution >= 0.6 is 27.5 Å². The maximum atomic E-state index is 12.5. The molecule has 10 heteroatoms. The Balaban J connectivity index is 2.38. The maximum Gasteiger partial charge on any atom is 0.294 e. The van der Waals surface area contributed by atoms with Gasteiger partial charge in [-0.2, -0.15) is 5.26 Å². The van der Waals surface area contributed by atoms with Crippen molar-refractivity contribution in [3.63, 3.8) is 0 Å². The van der Waals surface area contributed by atoms with Gasteiger partial charge in [0.05, 0.1) is 23.1 Å². The topological polar surface area (TPSA) is 114 Å². The molecule has 0 atom stereocenters. The summed E-state index contributed by atoms with van der Waals surface area (Å²) in [6.45, 7) is 2.25. The molecule has 0 aliphatic carbocycles. The van der Waals surface area contributed by atoms with Crippen LogP contribution < -0.4 is 14.8 Å². The van der Waals surface area contributed by atoms with Crippen LogP contribution in [0.4, 0.5) is 11.4 Å². The van der Waals surface area contributed by atoms with Crippen molar-refractivity contribution in [2.75, 3.05) is 19.0 Å². The van der Waals surface area contributed by atoms with Gasteiger partial charge in [0.15, 0.2) is 11.5 Å². The molecule has 0 radical (unpaired) electrons. The van der Waals surface area contributed by atoms with E-state index in [1.807, 2.05) is 6.92 Å². The summed E-state index contributed by atoms with van der Waals surface area (Å²) in [6, 6.07) is 8.86. The van der Waals surface area contributed by atoms with Crippen LogP contribution in [0.3, 0.4) is 0 Å². The lowest BCUT2D eigenvalue weighted by Crippen LogP contribution is -2.14. The molecule has 0 saturated carbocycles. The van der Waals surface area contributed by atoms with Crippen molar-refractivity contribution in [3.05, 3.63) is 61.1 Å². The minimum atomic E-state index is -0.804. The van der Waals surface area contributed by atoms with E-state index in [2.05, 4.69) is 21.2 Å². The first-order valence-corrected chi connectivity index (χ1v) is 9.35. The van der Waals surface area contributed by atoms with Crippen molar-refractivity contribution in [1.82, 2.24) is 0 Å². The van der Waals surface area contributed by atoms with Crippen LogP contribution in [0.1, 0.15) is 12.5 Å². The van der Waals surface area contributed by atoms with Gasteiger partial charge in [0.1, 0.15) is 17.3 Å². The predicted octanol–water partition coefficient (Wildman–Crippen LogP) is 4.96. The number of amides is 1. The Bertz CT molecular complexity index is 1030. The first-order chi connectivity index (χ1) is 13.8. The van der Waals surface area contributed by atoms with E-state index < -0.39 is 10.8 Å². The lowest BCUT2D eigenvalue weighted by Gasteiger charge is -2.12. The van der Waals surface area contributed by atoms with E-state index >= 15 is 0 Å². The van der Waals surface area contributed by atoms with Gasteiger partial charge < -0.3 is 14.8 Å². The van der Waals surface area contributed by atoms with Crippen LogP contribution in [0, 0.1) is 21.4 Å². The summed E-state index contributed by atoms with van der Waals surface area (Å²) < 4.78 is 11.4. The fourth-order valence-electron chi connectivity index (χ4n) is 2.37. The number of nitro groups is 1. The average Bonchev–Trinajstić information content (AvgIpc) is 2.68. The third-order valence-corrected chi connectivity index (χ3v) is 4.45. The molecule has 1 amide bonds. The Hall–Kier alpha value is -3.09.